The van der Waals surface area contributed by atoms with E-state index in [4.69, 9.17) is 26.2 Å². The predicted octanol–water partition coefficient (Wildman–Crippen LogP) is 13.2. The van der Waals surface area contributed by atoms with Crippen molar-refractivity contribution in [2.45, 2.75) is 98.4 Å². The van der Waals surface area contributed by atoms with Crippen LogP contribution in [0.4, 0.5) is 0 Å². The molecule has 10 rings (SSSR count). The molecule has 4 atom stereocenters. The average molecular weight is 1380 g/mol. The molecule has 0 N–H and O–H groups in total. The smallest absolute Gasteiger partial charge is 0.612 e. The minimum atomic E-state index is -1.79. The van der Waals surface area contributed by atoms with Gasteiger partial charge in [0.05, 0.1) is 49.2 Å². The third-order valence-electron chi connectivity index (χ3n) is 14.8. The number of Topliss-reactive ketones (excluding diaryl/α,β-unsaturated/α-hetero) is 2. The van der Waals surface area contributed by atoms with Crippen LogP contribution in [0.15, 0.2) is 199 Å². The molecule has 7 aromatic rings. The molecule has 464 valence electrons. The van der Waals surface area contributed by atoms with E-state index < -0.39 is 23.1 Å². The zero-order chi connectivity index (χ0) is 58.3. The number of aldehydes is 1. The molecule has 3 aliphatic rings. The van der Waals surface area contributed by atoms with E-state index in [1.54, 1.807) is 51.9 Å². The summed E-state index contributed by atoms with van der Waals surface area (Å²) < 4.78 is 35.3. The number of hydrogen-bond acceptors (Lipinski definition) is 9. The van der Waals surface area contributed by atoms with E-state index in [2.05, 4.69) is 100 Å². The molecular weight excluding hydrogens is 1300 g/mol. The van der Waals surface area contributed by atoms with E-state index in [0.717, 1.165) is 66.3 Å². The van der Waals surface area contributed by atoms with Gasteiger partial charge < -0.3 is 26.2 Å². The molecule has 7 aromatic carbocycles. The van der Waals surface area contributed by atoms with E-state index in [1.807, 2.05) is 113 Å². The fourth-order valence-electron chi connectivity index (χ4n) is 9.37. The summed E-state index contributed by atoms with van der Waals surface area (Å²) in [4.78, 5) is 33.5. The second kappa shape index (κ2) is 42.1. The van der Waals surface area contributed by atoms with E-state index in [9.17, 15) is 14.4 Å². The minimum Gasteiger partial charge on any atom is -0.612 e. The second-order valence-electron chi connectivity index (χ2n) is 22.0. The van der Waals surface area contributed by atoms with Crippen LogP contribution in [0, 0.1) is 238 Å². The number of benzene rings is 7. The summed E-state index contributed by atoms with van der Waals surface area (Å²) in [6, 6.07) is 50.7. The van der Waals surface area contributed by atoms with Crippen LogP contribution >= 0.6 is 0 Å². The molecular formula is C67H79AlAr6O9Si3. The van der Waals surface area contributed by atoms with Crippen molar-refractivity contribution in [3.63, 3.8) is 0 Å². The van der Waals surface area contributed by atoms with Crippen molar-refractivity contribution in [3.05, 3.63) is 216 Å². The molecule has 0 fully saturated rings. The molecule has 0 aromatic heterocycles. The Labute approximate surface area is 703 Å². The second-order valence-corrected chi connectivity index (χ2v) is 30.4. The standard InChI is InChI=1S/C20H18O2Si2.C13H26O2Si.2C13H14O2.C7H6O.CH3.Al.6Ar/c21-19-15(23)9-11-5-1-3-7-13(11)17(19)18-14-8-4-2-6-12(14)10-16(24)20(18)22;1-9-12(11(2)10-14-6)15-16(7,8)13(3,4)5;2*1-9-8-15-13(10(2)12(9)14)11-6-4-3-5-7-11;8-6-7-4-2-1-3-5-7;;;;;;;;/h1-10,21-22H,23-24H3;9-10H,1-8H3;2*3-8,10,13H,1-2H3;1-6H;1H3;;;;;;;/q;;;;;;+2;;;;;;/p-2/b;11-10+,12-9-;;;;;;;;;;;/t;;10-,13+;10-,13-;;;;;;;;;/m..01........./s1. The first-order valence-electron chi connectivity index (χ1n) is 27.4. The van der Waals surface area contributed by atoms with Crippen molar-refractivity contribution in [1.29, 1.82) is 0 Å². The molecule has 0 radical (unpaired) electrons. The maximum atomic E-state index is 11.8. The Morgan fingerprint density at radius 2 is 0.965 bits per heavy atom. The molecule has 3 aliphatic heterocycles. The number of methoxy groups -OCH3 is 1. The van der Waals surface area contributed by atoms with E-state index in [-0.39, 0.29) is 267 Å². The quantitative estimate of drug-likeness (QED) is 0.0667. The van der Waals surface area contributed by atoms with Crippen LogP contribution in [0.5, 0.6) is 11.5 Å². The molecule has 9 nitrogen and oxygen atoms in total. The van der Waals surface area contributed by atoms with E-state index in [0.29, 0.717) is 11.1 Å². The van der Waals surface area contributed by atoms with Crippen molar-refractivity contribution in [2.24, 2.45) is 11.8 Å². The Hall–Kier alpha value is 0.572. The molecule has 0 aliphatic carbocycles. The number of carbonyl (C=O) groups excluding carboxylic acids is 3. The number of ketones is 2. The van der Waals surface area contributed by atoms with Gasteiger partial charge in [0.15, 0.2) is 11.6 Å². The van der Waals surface area contributed by atoms with Crippen LogP contribution in [-0.4, -0.2) is 68.6 Å². The van der Waals surface area contributed by atoms with E-state index in [1.165, 1.54) is 43.0 Å². The zero-order valence-corrected chi connectivity index (χ0v) is 61.9. The summed E-state index contributed by atoms with van der Waals surface area (Å²) in [5, 5.41) is 7.93. The number of carbonyl (C=O) groups is 3. The normalized spacial score (nSPS) is 16.5. The fourth-order valence-corrected chi connectivity index (χ4v) is 13.7. The van der Waals surface area contributed by atoms with Gasteiger partial charge >= 0.3 is 14.8 Å². The summed E-state index contributed by atoms with van der Waals surface area (Å²) in [6.07, 6.45) is 7.43. The maximum absolute atomic E-state index is 11.8. The first kappa shape index (κ1) is 86.6. The predicted molar refractivity (Wildman–Crippen MR) is 340 cm³/mol. The van der Waals surface area contributed by atoms with Gasteiger partial charge in [0, 0.05) is 280 Å². The summed E-state index contributed by atoms with van der Waals surface area (Å²) in [5.74, 6) is 5.34. The Morgan fingerprint density at radius 1 is 0.605 bits per heavy atom. The van der Waals surface area contributed by atoms with Crippen molar-refractivity contribution in [1.82, 2.24) is 0 Å². The molecule has 0 bridgehead atoms. The molecule has 0 spiro atoms. The molecule has 86 heavy (non-hydrogen) atoms. The Bertz CT molecular complexity index is 3240. The summed E-state index contributed by atoms with van der Waals surface area (Å²) in [6.45, 7) is 22.6. The van der Waals surface area contributed by atoms with Gasteiger partial charge in [0.1, 0.15) is 24.3 Å². The third-order valence-corrected chi connectivity index (χ3v) is 21.8. The Kier molecular flexibility index (Phi) is 42.4. The van der Waals surface area contributed by atoms with Crippen molar-refractivity contribution in [2.75, 3.05) is 7.11 Å². The van der Waals surface area contributed by atoms with Crippen LogP contribution < -0.4 is 18.0 Å². The van der Waals surface area contributed by atoms with Crippen molar-refractivity contribution in [3.8, 4) is 22.6 Å². The van der Waals surface area contributed by atoms with Crippen LogP contribution in [0.25, 0.3) is 32.7 Å². The first-order valence-corrected chi connectivity index (χ1v) is 34.4. The van der Waals surface area contributed by atoms with Crippen LogP contribution in [0.2, 0.25) is 23.9 Å². The third kappa shape index (κ3) is 23.8. The minimum absolute atomic E-state index is 0. The summed E-state index contributed by atoms with van der Waals surface area (Å²) in [7, 11) is 1.82. The van der Waals surface area contributed by atoms with Gasteiger partial charge in [0.25, 0.3) is 0 Å². The number of allylic oxidation sites excluding steroid dienone is 4. The maximum Gasteiger partial charge on any atom is 0.853 e. The van der Waals surface area contributed by atoms with Gasteiger partial charge in [-0.25, -0.2) is 0 Å². The first-order chi connectivity index (χ1) is 38.1. The largest absolute Gasteiger partial charge is 0.853 e. The number of hydrogen-bond donors (Lipinski definition) is 0. The molecule has 0 saturated carbocycles. The van der Waals surface area contributed by atoms with Crippen LogP contribution in [0.3, 0.4) is 0 Å². The van der Waals surface area contributed by atoms with Crippen LogP contribution in [-0.2, 0) is 28.2 Å². The fraction of sp³-hybridized carbons (Fsp3) is 0.269. The van der Waals surface area contributed by atoms with Crippen molar-refractivity contribution < 1.29 is 267 Å². The van der Waals surface area contributed by atoms with Crippen LogP contribution in [0.1, 0.15) is 96.0 Å². The summed E-state index contributed by atoms with van der Waals surface area (Å²) in [5.41, 5.74) is 7.75. The summed E-state index contributed by atoms with van der Waals surface area (Å²) >= 11 is -1.79. The van der Waals surface area contributed by atoms with Gasteiger partial charge in [-0.05, 0) is 101 Å². The SMILES string of the molecule is C/C=C(O[Si](C)(C)C(C)(C)C)/C(C)=C/OC.CC1=CO[C@@H](c2ccccc2)[C@@H](C)C1=O.CC1=CO[C@@H](c2ccccc2)[C@H](C)C1=O.O=Cc1ccccc1.[Ar].[Ar].[Ar].[Ar].[Ar].[Ar].[CH3][Al]1[O]c2c([SiH3])cc3ccccc3c2-c2c(c([SiH3])cc3ccccc23)[O]1. The average Bonchev–Trinajstić information content (AvgIpc) is 1.40. The number of rotatable bonds is 7. The van der Waals surface area contributed by atoms with E-state index >= 15 is 0 Å². The number of ether oxygens (including phenoxy) is 3. The van der Waals surface area contributed by atoms with Gasteiger partial charge in [-0.2, -0.15) is 0 Å². The van der Waals surface area contributed by atoms with Gasteiger partial charge in [-0.15, -0.1) is 0 Å². The molecule has 0 saturated heterocycles. The van der Waals surface area contributed by atoms with Crippen molar-refractivity contribution >= 4 is 93.4 Å². The Morgan fingerprint density at radius 3 is 1.30 bits per heavy atom. The topological polar surface area (TPSA) is 107 Å². The molecule has 0 unspecified atom stereocenters. The van der Waals surface area contributed by atoms with Gasteiger partial charge in [0.2, 0.25) is 8.32 Å². The Balaban J connectivity index is 0.00000108. The monoisotopic (exact) mass is 1380 g/mol. The molecule has 0 amide bonds. The molecule has 19 heteroatoms. The zero-order valence-electron chi connectivity index (χ0n) is 51.5. The van der Waals surface area contributed by atoms with Gasteiger partial charge in [-0.3, -0.25) is 14.4 Å². The van der Waals surface area contributed by atoms with Gasteiger partial charge in [-0.1, -0.05) is 186 Å². The molecule has 3 heterocycles. The number of fused-ring (bicyclic) bond motifs is 7.